The zero-order chi connectivity index (χ0) is 20.0. The van der Waals surface area contributed by atoms with Crippen LogP contribution < -0.4 is 0 Å². The van der Waals surface area contributed by atoms with E-state index in [1.165, 1.54) is 7.11 Å². The summed E-state index contributed by atoms with van der Waals surface area (Å²) in [5.41, 5.74) is -1.41. The first kappa shape index (κ1) is 19.8. The van der Waals surface area contributed by atoms with E-state index in [-0.39, 0.29) is 36.7 Å². The Bertz CT molecular complexity index is 746. The van der Waals surface area contributed by atoms with Crippen LogP contribution in [0.2, 0.25) is 0 Å². The highest BCUT2D eigenvalue weighted by molar-refractivity contribution is 5.98. The van der Waals surface area contributed by atoms with E-state index in [1.807, 2.05) is 13.8 Å². The van der Waals surface area contributed by atoms with E-state index in [0.717, 1.165) is 0 Å². The van der Waals surface area contributed by atoms with Gasteiger partial charge in [0.15, 0.2) is 17.2 Å². The van der Waals surface area contributed by atoms with Gasteiger partial charge in [-0.25, -0.2) is 4.79 Å². The van der Waals surface area contributed by atoms with Crippen LogP contribution in [0.25, 0.3) is 0 Å². The van der Waals surface area contributed by atoms with Crippen LogP contribution in [0.3, 0.4) is 0 Å². The zero-order valence-corrected chi connectivity index (χ0v) is 16.5. The van der Waals surface area contributed by atoms with Gasteiger partial charge in [-0.2, -0.15) is 0 Å². The summed E-state index contributed by atoms with van der Waals surface area (Å²) < 4.78 is 11.1. The number of hydrogen-bond acceptors (Lipinski definition) is 6. The Hall–Kier alpha value is -1.95. The lowest BCUT2D eigenvalue weighted by molar-refractivity contribution is -0.142. The van der Waals surface area contributed by atoms with Crippen molar-refractivity contribution in [2.45, 2.75) is 70.5 Å². The third-order valence-corrected chi connectivity index (χ3v) is 6.42. The molecule has 0 saturated heterocycles. The molecule has 3 atom stereocenters. The van der Waals surface area contributed by atoms with Crippen LogP contribution in [0.15, 0.2) is 23.0 Å². The SMILES string of the molecule is COC(=O)C1=CC2C3=C(CCC2(O)C(C)C)C(=O)CCC(C)(O3)C(=O)CC1. The number of hydrogen-bond donors (Lipinski definition) is 1. The van der Waals surface area contributed by atoms with Crippen molar-refractivity contribution in [3.63, 3.8) is 0 Å². The summed E-state index contributed by atoms with van der Waals surface area (Å²) in [6.07, 6.45) is 3.38. The number of ketones is 2. The summed E-state index contributed by atoms with van der Waals surface area (Å²) in [7, 11) is 1.29. The largest absolute Gasteiger partial charge is 0.483 e. The molecule has 6 nitrogen and oxygen atoms in total. The number of ether oxygens (including phenoxy) is 2. The fourth-order valence-corrected chi connectivity index (χ4v) is 4.38. The van der Waals surface area contributed by atoms with Crippen LogP contribution in [0, 0.1) is 11.8 Å². The zero-order valence-electron chi connectivity index (χ0n) is 16.5. The molecule has 0 aromatic heterocycles. The Labute approximate surface area is 159 Å². The molecule has 0 radical (unpaired) electrons. The molecule has 27 heavy (non-hydrogen) atoms. The van der Waals surface area contributed by atoms with Crippen molar-refractivity contribution in [2.75, 3.05) is 7.11 Å². The number of carbonyl (C=O) groups excluding carboxylic acids is 3. The van der Waals surface area contributed by atoms with Crippen molar-refractivity contribution >= 4 is 17.5 Å². The van der Waals surface area contributed by atoms with Crippen molar-refractivity contribution in [3.05, 3.63) is 23.0 Å². The molecule has 0 fully saturated rings. The molecular formula is C21H28O6. The highest BCUT2D eigenvalue weighted by Crippen LogP contribution is 2.48. The lowest BCUT2D eigenvalue weighted by atomic mass is 9.68. The average Bonchev–Trinajstić information content (AvgIpc) is 2.72. The van der Waals surface area contributed by atoms with Crippen LogP contribution in [0.5, 0.6) is 0 Å². The Morgan fingerprint density at radius 3 is 2.56 bits per heavy atom. The maximum atomic E-state index is 12.9. The van der Waals surface area contributed by atoms with Crippen molar-refractivity contribution in [2.24, 2.45) is 11.8 Å². The number of fused-ring (bicyclic) bond motifs is 1. The normalized spacial score (nSPS) is 34.1. The maximum Gasteiger partial charge on any atom is 0.333 e. The van der Waals surface area contributed by atoms with E-state index in [9.17, 15) is 19.5 Å². The molecule has 2 bridgehead atoms. The topological polar surface area (TPSA) is 89.9 Å². The molecule has 148 valence electrons. The molecule has 3 unspecified atom stereocenters. The summed E-state index contributed by atoms with van der Waals surface area (Å²) in [4.78, 5) is 37.9. The van der Waals surface area contributed by atoms with Gasteiger partial charge >= 0.3 is 5.97 Å². The fraction of sp³-hybridized carbons (Fsp3) is 0.667. The fourth-order valence-electron chi connectivity index (χ4n) is 4.38. The van der Waals surface area contributed by atoms with Crippen LogP contribution >= 0.6 is 0 Å². The van der Waals surface area contributed by atoms with Gasteiger partial charge in [0.05, 0.1) is 18.6 Å². The van der Waals surface area contributed by atoms with E-state index in [1.54, 1.807) is 13.0 Å². The molecule has 1 aliphatic carbocycles. The second kappa shape index (κ2) is 6.89. The molecule has 1 N–H and O–H groups in total. The molecule has 0 aromatic rings. The number of allylic oxidation sites excluding steroid dienone is 1. The minimum atomic E-state index is -1.17. The van der Waals surface area contributed by atoms with E-state index in [4.69, 9.17) is 9.47 Å². The van der Waals surface area contributed by atoms with Gasteiger partial charge in [0.2, 0.25) is 0 Å². The van der Waals surface area contributed by atoms with Crippen molar-refractivity contribution in [3.8, 4) is 0 Å². The van der Waals surface area contributed by atoms with Crippen molar-refractivity contribution in [1.82, 2.24) is 0 Å². The Morgan fingerprint density at radius 1 is 1.22 bits per heavy atom. The molecule has 0 spiro atoms. The van der Waals surface area contributed by atoms with E-state index in [0.29, 0.717) is 36.2 Å². The Morgan fingerprint density at radius 2 is 1.93 bits per heavy atom. The van der Waals surface area contributed by atoms with Gasteiger partial charge in [0, 0.05) is 30.4 Å². The number of methoxy groups -OCH3 is 1. The van der Waals surface area contributed by atoms with Gasteiger partial charge < -0.3 is 14.6 Å². The number of carbonyl (C=O) groups is 3. The molecule has 3 rings (SSSR count). The van der Waals surface area contributed by atoms with Crippen molar-refractivity contribution in [1.29, 1.82) is 0 Å². The van der Waals surface area contributed by atoms with Gasteiger partial charge in [-0.05, 0) is 32.1 Å². The minimum absolute atomic E-state index is 0.0362. The van der Waals surface area contributed by atoms with Crippen LogP contribution in [-0.4, -0.2) is 41.0 Å². The summed E-state index contributed by atoms with van der Waals surface area (Å²) >= 11 is 0. The number of rotatable bonds is 2. The first-order valence-electron chi connectivity index (χ1n) is 9.62. The average molecular weight is 376 g/mol. The van der Waals surface area contributed by atoms with Gasteiger partial charge in [-0.3, -0.25) is 9.59 Å². The number of esters is 1. The van der Waals surface area contributed by atoms with E-state index in [2.05, 4.69) is 0 Å². The smallest absolute Gasteiger partial charge is 0.333 e. The van der Waals surface area contributed by atoms with E-state index >= 15 is 0 Å². The molecule has 3 aliphatic rings. The first-order chi connectivity index (χ1) is 12.6. The summed E-state index contributed by atoms with van der Waals surface area (Å²) in [5, 5.41) is 11.5. The van der Waals surface area contributed by atoms with Gasteiger partial charge in [-0.1, -0.05) is 19.9 Å². The molecule has 0 aromatic carbocycles. The third-order valence-electron chi connectivity index (χ3n) is 6.42. The minimum Gasteiger partial charge on any atom is -0.483 e. The molecule has 0 saturated carbocycles. The van der Waals surface area contributed by atoms with Crippen LogP contribution in [0.1, 0.15) is 59.3 Å². The predicted octanol–water partition coefficient (Wildman–Crippen LogP) is 2.64. The van der Waals surface area contributed by atoms with E-state index < -0.39 is 23.1 Å². The first-order valence-corrected chi connectivity index (χ1v) is 9.62. The Balaban J connectivity index is 2.25. The highest BCUT2D eigenvalue weighted by Gasteiger charge is 2.51. The van der Waals surface area contributed by atoms with Crippen LogP contribution in [-0.2, 0) is 23.9 Å². The number of Topliss-reactive ketones (excluding diaryl/α,β-unsaturated/α-hetero) is 2. The lowest BCUT2D eigenvalue weighted by Crippen LogP contribution is -2.48. The Kier molecular flexibility index (Phi) is 5.06. The molecule has 6 heteroatoms. The standard InChI is InChI=1S/C21H28O6/c1-12(2)21(25)10-7-14-16(22)8-9-20(3)17(23)6-5-13(19(24)26-4)11-15(21)18(14)27-20/h11-12,15,25H,5-10H2,1-4H3. The molecule has 2 heterocycles. The second-order valence-corrected chi connectivity index (χ2v) is 8.33. The quantitative estimate of drug-likeness (QED) is 0.745. The van der Waals surface area contributed by atoms with Gasteiger partial charge in [0.25, 0.3) is 0 Å². The maximum absolute atomic E-state index is 12.9. The lowest BCUT2D eigenvalue weighted by Gasteiger charge is -2.44. The highest BCUT2D eigenvalue weighted by atomic mass is 16.5. The third kappa shape index (κ3) is 3.24. The molecule has 2 aliphatic heterocycles. The monoisotopic (exact) mass is 376 g/mol. The van der Waals surface area contributed by atoms with Crippen molar-refractivity contribution < 1.29 is 29.0 Å². The van der Waals surface area contributed by atoms with Crippen LogP contribution in [0.4, 0.5) is 0 Å². The molecular weight excluding hydrogens is 348 g/mol. The summed E-state index contributed by atoms with van der Waals surface area (Å²) in [5.74, 6) is -1.13. The number of aliphatic hydroxyl groups is 1. The predicted molar refractivity (Wildman–Crippen MR) is 97.6 cm³/mol. The van der Waals surface area contributed by atoms with Gasteiger partial charge in [0.1, 0.15) is 5.76 Å². The summed E-state index contributed by atoms with van der Waals surface area (Å²) in [6.45, 7) is 5.53. The summed E-state index contributed by atoms with van der Waals surface area (Å²) in [6, 6.07) is 0. The second-order valence-electron chi connectivity index (χ2n) is 8.33. The van der Waals surface area contributed by atoms with Gasteiger partial charge in [-0.15, -0.1) is 0 Å². The molecule has 0 amide bonds.